The van der Waals surface area contributed by atoms with Gasteiger partial charge in [-0.05, 0) is 23.8 Å². The van der Waals surface area contributed by atoms with Crippen LogP contribution in [0.1, 0.15) is 26.3 Å². The Morgan fingerprint density at radius 3 is 2.57 bits per heavy atom. The molecule has 0 radical (unpaired) electrons. The molecule has 4 heteroatoms. The van der Waals surface area contributed by atoms with Gasteiger partial charge < -0.3 is 9.67 Å². The van der Waals surface area contributed by atoms with Crippen LogP contribution in [0.4, 0.5) is 0 Å². The standard InChI is InChI=1S/C17H13NO3/c19-11-14-10-18(9-12-4-2-1-3-5-12)16-7-6-13(17(20)21)8-15(14)16/h1-8,10-11H,9H2,(H,20,21). The van der Waals surface area contributed by atoms with Crippen molar-refractivity contribution in [1.29, 1.82) is 0 Å². The molecular formula is C17H13NO3. The number of hydrogen-bond donors (Lipinski definition) is 1. The molecule has 1 heterocycles. The van der Waals surface area contributed by atoms with Gasteiger partial charge in [0.1, 0.15) is 0 Å². The summed E-state index contributed by atoms with van der Waals surface area (Å²) in [6.45, 7) is 0.637. The highest BCUT2D eigenvalue weighted by molar-refractivity contribution is 6.01. The Balaban J connectivity index is 2.11. The van der Waals surface area contributed by atoms with Crippen molar-refractivity contribution in [3.05, 3.63) is 71.4 Å². The lowest BCUT2D eigenvalue weighted by atomic mass is 10.1. The van der Waals surface area contributed by atoms with Crippen molar-refractivity contribution >= 4 is 23.2 Å². The molecule has 0 saturated heterocycles. The smallest absolute Gasteiger partial charge is 0.335 e. The van der Waals surface area contributed by atoms with Gasteiger partial charge in [-0.15, -0.1) is 0 Å². The van der Waals surface area contributed by atoms with Crippen molar-refractivity contribution in [2.24, 2.45) is 0 Å². The minimum Gasteiger partial charge on any atom is -0.478 e. The molecule has 1 aromatic heterocycles. The van der Waals surface area contributed by atoms with Crippen molar-refractivity contribution in [1.82, 2.24) is 4.57 Å². The molecule has 0 aliphatic heterocycles. The first-order valence-corrected chi connectivity index (χ1v) is 6.54. The number of carbonyl (C=O) groups excluding carboxylic acids is 1. The fraction of sp³-hybridized carbons (Fsp3) is 0.0588. The van der Waals surface area contributed by atoms with E-state index in [2.05, 4.69) is 0 Å². The van der Waals surface area contributed by atoms with Gasteiger partial charge in [-0.2, -0.15) is 0 Å². The second-order valence-corrected chi connectivity index (χ2v) is 4.85. The summed E-state index contributed by atoms with van der Waals surface area (Å²) in [4.78, 5) is 22.3. The summed E-state index contributed by atoms with van der Waals surface area (Å²) in [5.74, 6) is -0.996. The van der Waals surface area contributed by atoms with Crippen LogP contribution in [-0.2, 0) is 6.54 Å². The van der Waals surface area contributed by atoms with E-state index < -0.39 is 5.97 Å². The summed E-state index contributed by atoms with van der Waals surface area (Å²) in [5.41, 5.74) is 2.66. The Morgan fingerprint density at radius 2 is 1.90 bits per heavy atom. The number of hydrogen-bond acceptors (Lipinski definition) is 2. The number of aromatic nitrogens is 1. The quantitative estimate of drug-likeness (QED) is 0.746. The van der Waals surface area contributed by atoms with Gasteiger partial charge in [-0.1, -0.05) is 30.3 Å². The van der Waals surface area contributed by atoms with Crippen molar-refractivity contribution in [3.8, 4) is 0 Å². The zero-order valence-electron chi connectivity index (χ0n) is 11.2. The SMILES string of the molecule is O=Cc1cn(Cc2ccccc2)c2ccc(C(=O)O)cc12. The maximum atomic E-state index is 11.2. The van der Waals surface area contributed by atoms with Crippen LogP contribution in [0.3, 0.4) is 0 Å². The first kappa shape index (κ1) is 13.1. The summed E-state index contributed by atoms with van der Waals surface area (Å²) >= 11 is 0. The van der Waals surface area contributed by atoms with Gasteiger partial charge in [0.2, 0.25) is 0 Å². The van der Waals surface area contributed by atoms with Crippen LogP contribution < -0.4 is 0 Å². The molecule has 0 atom stereocenters. The van der Waals surface area contributed by atoms with Gasteiger partial charge in [0.15, 0.2) is 6.29 Å². The minimum atomic E-state index is -0.996. The van der Waals surface area contributed by atoms with Gasteiger partial charge >= 0.3 is 5.97 Å². The monoisotopic (exact) mass is 279 g/mol. The summed E-state index contributed by atoms with van der Waals surface area (Å²) in [6, 6.07) is 14.7. The predicted molar refractivity (Wildman–Crippen MR) is 79.8 cm³/mol. The fourth-order valence-corrected chi connectivity index (χ4v) is 2.46. The molecule has 0 spiro atoms. The largest absolute Gasteiger partial charge is 0.478 e. The Kier molecular flexibility index (Phi) is 3.28. The average molecular weight is 279 g/mol. The Bertz CT molecular complexity index is 819. The third kappa shape index (κ3) is 2.43. The summed E-state index contributed by atoms with van der Waals surface area (Å²) in [6.07, 6.45) is 2.52. The lowest BCUT2D eigenvalue weighted by Gasteiger charge is -2.05. The first-order valence-electron chi connectivity index (χ1n) is 6.54. The Hall–Kier alpha value is -2.88. The molecule has 0 fully saturated rings. The highest BCUT2D eigenvalue weighted by atomic mass is 16.4. The molecule has 0 amide bonds. The van der Waals surface area contributed by atoms with Crippen LogP contribution in [0.5, 0.6) is 0 Å². The Labute approximate surface area is 121 Å². The number of carbonyl (C=O) groups is 2. The molecule has 3 rings (SSSR count). The highest BCUT2D eigenvalue weighted by Crippen LogP contribution is 2.23. The van der Waals surface area contributed by atoms with Gasteiger partial charge in [0, 0.05) is 29.2 Å². The molecule has 4 nitrogen and oxygen atoms in total. The molecule has 1 N–H and O–H groups in total. The molecular weight excluding hydrogens is 266 g/mol. The molecule has 104 valence electrons. The van der Waals surface area contributed by atoms with Crippen molar-refractivity contribution in [2.75, 3.05) is 0 Å². The predicted octanol–water partition coefficient (Wildman–Crippen LogP) is 3.20. The van der Waals surface area contributed by atoms with Crippen LogP contribution in [0.15, 0.2) is 54.7 Å². The number of aromatic carboxylic acids is 1. The van der Waals surface area contributed by atoms with E-state index in [0.717, 1.165) is 17.4 Å². The van der Waals surface area contributed by atoms with E-state index in [4.69, 9.17) is 5.11 Å². The van der Waals surface area contributed by atoms with E-state index in [1.807, 2.05) is 34.9 Å². The topological polar surface area (TPSA) is 59.3 Å². The maximum absolute atomic E-state index is 11.2. The third-order valence-electron chi connectivity index (χ3n) is 3.48. The maximum Gasteiger partial charge on any atom is 0.335 e. The molecule has 3 aromatic rings. The lowest BCUT2D eigenvalue weighted by Crippen LogP contribution is -1.99. The fourth-order valence-electron chi connectivity index (χ4n) is 2.46. The molecule has 0 aliphatic rings. The molecule has 0 bridgehead atoms. The zero-order valence-corrected chi connectivity index (χ0v) is 11.2. The van der Waals surface area contributed by atoms with Gasteiger partial charge in [-0.3, -0.25) is 4.79 Å². The first-order chi connectivity index (χ1) is 10.2. The Morgan fingerprint density at radius 1 is 1.14 bits per heavy atom. The third-order valence-corrected chi connectivity index (χ3v) is 3.48. The number of carboxylic acid groups (broad SMARTS) is 1. The zero-order chi connectivity index (χ0) is 14.8. The van der Waals surface area contributed by atoms with Crippen molar-refractivity contribution in [3.63, 3.8) is 0 Å². The summed E-state index contributed by atoms with van der Waals surface area (Å²) < 4.78 is 1.96. The van der Waals surface area contributed by atoms with Crippen LogP contribution in [0, 0.1) is 0 Å². The van der Waals surface area contributed by atoms with Gasteiger partial charge in [-0.25, -0.2) is 4.79 Å². The number of benzene rings is 2. The van der Waals surface area contributed by atoms with Gasteiger partial charge in [0.05, 0.1) is 5.56 Å². The highest BCUT2D eigenvalue weighted by Gasteiger charge is 2.11. The number of carboxylic acids is 1. The molecule has 21 heavy (non-hydrogen) atoms. The molecule has 0 aliphatic carbocycles. The van der Waals surface area contributed by atoms with E-state index in [9.17, 15) is 9.59 Å². The van der Waals surface area contributed by atoms with E-state index in [-0.39, 0.29) is 5.56 Å². The second-order valence-electron chi connectivity index (χ2n) is 4.85. The van der Waals surface area contributed by atoms with Crippen molar-refractivity contribution < 1.29 is 14.7 Å². The normalized spacial score (nSPS) is 10.7. The van der Waals surface area contributed by atoms with Crippen LogP contribution in [-0.4, -0.2) is 21.9 Å². The van der Waals surface area contributed by atoms with Crippen molar-refractivity contribution in [2.45, 2.75) is 6.54 Å². The van der Waals surface area contributed by atoms with Crippen LogP contribution in [0.25, 0.3) is 10.9 Å². The second kappa shape index (κ2) is 5.25. The molecule has 0 saturated carbocycles. The number of fused-ring (bicyclic) bond motifs is 1. The van der Waals surface area contributed by atoms with E-state index in [1.54, 1.807) is 24.4 Å². The number of aldehydes is 1. The molecule has 0 unspecified atom stereocenters. The lowest BCUT2D eigenvalue weighted by molar-refractivity contribution is 0.0697. The number of nitrogens with zero attached hydrogens (tertiary/aromatic N) is 1. The van der Waals surface area contributed by atoms with E-state index in [1.165, 1.54) is 0 Å². The average Bonchev–Trinajstić information content (AvgIpc) is 2.85. The summed E-state index contributed by atoms with van der Waals surface area (Å²) in [5, 5.41) is 9.72. The van der Waals surface area contributed by atoms with Gasteiger partial charge in [0.25, 0.3) is 0 Å². The molecule has 2 aromatic carbocycles. The minimum absolute atomic E-state index is 0.183. The van der Waals surface area contributed by atoms with Crippen LogP contribution >= 0.6 is 0 Å². The summed E-state index contributed by atoms with van der Waals surface area (Å²) in [7, 11) is 0. The van der Waals surface area contributed by atoms with E-state index >= 15 is 0 Å². The number of rotatable bonds is 4. The van der Waals surface area contributed by atoms with E-state index in [0.29, 0.717) is 17.5 Å². The van der Waals surface area contributed by atoms with Crippen LogP contribution in [0.2, 0.25) is 0 Å².